The van der Waals surface area contributed by atoms with E-state index in [0.717, 1.165) is 65.1 Å². The van der Waals surface area contributed by atoms with Crippen molar-refractivity contribution in [1.82, 2.24) is 20.0 Å². The number of piperazine rings is 1. The molecule has 4 rings (SSSR count). The van der Waals surface area contributed by atoms with Crippen LogP contribution in [0.3, 0.4) is 0 Å². The summed E-state index contributed by atoms with van der Waals surface area (Å²) >= 11 is 0. The zero-order valence-corrected chi connectivity index (χ0v) is 17.4. The number of rotatable bonds is 6. The van der Waals surface area contributed by atoms with Gasteiger partial charge in [-0.1, -0.05) is 30.3 Å². The molecule has 1 spiro atoms. The first-order valence-electron chi connectivity index (χ1n) is 11.0. The molecule has 1 aromatic carbocycles. The minimum atomic E-state index is -0.417. The molecule has 160 valence electrons. The van der Waals surface area contributed by atoms with Crippen LogP contribution in [0.1, 0.15) is 24.8 Å². The van der Waals surface area contributed by atoms with E-state index in [1.54, 1.807) is 0 Å². The Morgan fingerprint density at radius 2 is 1.59 bits per heavy atom. The lowest BCUT2D eigenvalue weighted by atomic mass is 10.0. The SMILES string of the molecule is O=C(NCCCN1CCN(Cc2ccccc2)CC1)N1CCC2(CC1)OCCO2. The summed E-state index contributed by atoms with van der Waals surface area (Å²) in [6.45, 7) is 10.0. The number of amides is 2. The molecule has 3 saturated heterocycles. The fraction of sp³-hybridized carbons (Fsp3) is 0.682. The topological polar surface area (TPSA) is 57.3 Å². The summed E-state index contributed by atoms with van der Waals surface area (Å²) < 4.78 is 11.5. The Kier molecular flexibility index (Phi) is 7.02. The Morgan fingerprint density at radius 1 is 0.931 bits per heavy atom. The number of hydrogen-bond donors (Lipinski definition) is 1. The van der Waals surface area contributed by atoms with Gasteiger partial charge in [0.2, 0.25) is 0 Å². The second kappa shape index (κ2) is 9.89. The van der Waals surface area contributed by atoms with Crippen molar-refractivity contribution in [3.63, 3.8) is 0 Å². The van der Waals surface area contributed by atoms with Crippen molar-refractivity contribution in [2.75, 3.05) is 65.6 Å². The van der Waals surface area contributed by atoms with E-state index in [-0.39, 0.29) is 6.03 Å². The Bertz CT molecular complexity index is 633. The molecule has 7 nitrogen and oxygen atoms in total. The number of piperidine rings is 1. The lowest BCUT2D eigenvalue weighted by Crippen LogP contribution is -2.50. The smallest absolute Gasteiger partial charge is 0.317 e. The van der Waals surface area contributed by atoms with E-state index in [2.05, 4.69) is 45.4 Å². The van der Waals surface area contributed by atoms with Crippen LogP contribution in [0.15, 0.2) is 30.3 Å². The van der Waals surface area contributed by atoms with Gasteiger partial charge in [0.15, 0.2) is 5.79 Å². The molecular weight excluding hydrogens is 368 g/mol. The van der Waals surface area contributed by atoms with Crippen LogP contribution in [0, 0.1) is 0 Å². The maximum atomic E-state index is 12.4. The lowest BCUT2D eigenvalue weighted by molar-refractivity contribution is -0.181. The van der Waals surface area contributed by atoms with E-state index in [1.807, 2.05) is 4.90 Å². The van der Waals surface area contributed by atoms with Crippen LogP contribution in [0.5, 0.6) is 0 Å². The summed E-state index contributed by atoms with van der Waals surface area (Å²) in [5.41, 5.74) is 1.39. The van der Waals surface area contributed by atoms with Crippen LogP contribution in [0.4, 0.5) is 4.79 Å². The van der Waals surface area contributed by atoms with Gasteiger partial charge in [0, 0.05) is 65.2 Å². The van der Waals surface area contributed by atoms with Crippen molar-refractivity contribution in [2.45, 2.75) is 31.6 Å². The van der Waals surface area contributed by atoms with Crippen LogP contribution in [0.25, 0.3) is 0 Å². The number of nitrogens with zero attached hydrogens (tertiary/aromatic N) is 3. The first kappa shape index (κ1) is 20.6. The predicted octanol–water partition coefficient (Wildman–Crippen LogP) is 1.74. The Labute approximate surface area is 173 Å². The van der Waals surface area contributed by atoms with E-state index < -0.39 is 5.79 Å². The van der Waals surface area contributed by atoms with Gasteiger partial charge >= 0.3 is 6.03 Å². The third kappa shape index (κ3) is 5.69. The first-order valence-corrected chi connectivity index (χ1v) is 11.0. The van der Waals surface area contributed by atoms with Crippen molar-refractivity contribution in [3.8, 4) is 0 Å². The fourth-order valence-corrected chi connectivity index (χ4v) is 4.46. The number of urea groups is 1. The first-order chi connectivity index (χ1) is 14.2. The molecule has 29 heavy (non-hydrogen) atoms. The normalized spacial score (nSPS) is 22.8. The van der Waals surface area contributed by atoms with Gasteiger partial charge in [-0.3, -0.25) is 4.90 Å². The van der Waals surface area contributed by atoms with Gasteiger partial charge in [0.1, 0.15) is 0 Å². The molecule has 7 heteroatoms. The molecule has 0 aliphatic carbocycles. The minimum absolute atomic E-state index is 0.0468. The van der Waals surface area contributed by atoms with E-state index in [0.29, 0.717) is 26.3 Å². The van der Waals surface area contributed by atoms with E-state index >= 15 is 0 Å². The molecule has 3 aliphatic rings. The second-order valence-corrected chi connectivity index (χ2v) is 8.28. The highest BCUT2D eigenvalue weighted by atomic mass is 16.7. The number of ether oxygens (including phenoxy) is 2. The monoisotopic (exact) mass is 402 g/mol. The molecule has 0 bridgehead atoms. The quantitative estimate of drug-likeness (QED) is 0.735. The van der Waals surface area contributed by atoms with Crippen molar-refractivity contribution in [1.29, 1.82) is 0 Å². The van der Waals surface area contributed by atoms with Crippen molar-refractivity contribution in [3.05, 3.63) is 35.9 Å². The van der Waals surface area contributed by atoms with Gasteiger partial charge in [-0.2, -0.15) is 0 Å². The minimum Gasteiger partial charge on any atom is -0.347 e. The third-order valence-corrected chi connectivity index (χ3v) is 6.27. The number of benzene rings is 1. The van der Waals surface area contributed by atoms with Crippen molar-refractivity contribution < 1.29 is 14.3 Å². The molecular formula is C22H34N4O3. The van der Waals surface area contributed by atoms with Gasteiger partial charge in [0.05, 0.1) is 13.2 Å². The number of likely N-dealkylation sites (tertiary alicyclic amines) is 1. The summed E-state index contributed by atoms with van der Waals surface area (Å²) in [6.07, 6.45) is 2.54. The summed E-state index contributed by atoms with van der Waals surface area (Å²) in [7, 11) is 0. The number of carbonyl (C=O) groups excluding carboxylic acids is 1. The number of carbonyl (C=O) groups is 1. The lowest BCUT2D eigenvalue weighted by Gasteiger charge is -2.37. The standard InChI is InChI=1S/C22H34N4O3/c27-21(26-11-7-22(8-12-26)28-17-18-29-22)23-9-4-10-24-13-15-25(16-14-24)19-20-5-2-1-3-6-20/h1-3,5-6H,4,7-19H2,(H,23,27). The second-order valence-electron chi connectivity index (χ2n) is 8.28. The Morgan fingerprint density at radius 3 is 2.28 bits per heavy atom. The maximum absolute atomic E-state index is 12.4. The van der Waals surface area contributed by atoms with Crippen LogP contribution >= 0.6 is 0 Å². The Hall–Kier alpha value is -1.67. The van der Waals surface area contributed by atoms with E-state index in [4.69, 9.17) is 9.47 Å². The van der Waals surface area contributed by atoms with Crippen molar-refractivity contribution in [2.24, 2.45) is 0 Å². The van der Waals surface area contributed by atoms with Gasteiger partial charge < -0.3 is 24.6 Å². The van der Waals surface area contributed by atoms with Crippen LogP contribution < -0.4 is 5.32 Å². The molecule has 0 atom stereocenters. The highest BCUT2D eigenvalue weighted by Gasteiger charge is 2.40. The fourth-order valence-electron chi connectivity index (χ4n) is 4.46. The maximum Gasteiger partial charge on any atom is 0.317 e. The molecule has 0 unspecified atom stereocenters. The molecule has 1 aromatic rings. The molecule has 3 heterocycles. The highest BCUT2D eigenvalue weighted by Crippen LogP contribution is 2.31. The molecule has 0 radical (unpaired) electrons. The van der Waals surface area contributed by atoms with Gasteiger partial charge in [-0.25, -0.2) is 4.79 Å². The van der Waals surface area contributed by atoms with Crippen molar-refractivity contribution >= 4 is 6.03 Å². The van der Waals surface area contributed by atoms with E-state index in [1.165, 1.54) is 5.56 Å². The molecule has 3 aliphatic heterocycles. The summed E-state index contributed by atoms with van der Waals surface area (Å²) in [5.74, 6) is -0.417. The molecule has 0 saturated carbocycles. The largest absolute Gasteiger partial charge is 0.347 e. The third-order valence-electron chi connectivity index (χ3n) is 6.27. The van der Waals surface area contributed by atoms with Gasteiger partial charge in [-0.15, -0.1) is 0 Å². The summed E-state index contributed by atoms with van der Waals surface area (Å²) in [6, 6.07) is 10.7. The van der Waals surface area contributed by atoms with Gasteiger partial charge in [-0.05, 0) is 18.5 Å². The average molecular weight is 403 g/mol. The summed E-state index contributed by atoms with van der Waals surface area (Å²) in [5, 5.41) is 3.08. The molecule has 0 aromatic heterocycles. The van der Waals surface area contributed by atoms with Crippen LogP contribution in [-0.4, -0.2) is 92.1 Å². The zero-order chi connectivity index (χ0) is 19.9. The number of hydrogen-bond acceptors (Lipinski definition) is 5. The average Bonchev–Trinajstić information content (AvgIpc) is 3.21. The predicted molar refractivity (Wildman–Crippen MR) is 112 cm³/mol. The summed E-state index contributed by atoms with van der Waals surface area (Å²) in [4.78, 5) is 19.3. The van der Waals surface area contributed by atoms with E-state index in [9.17, 15) is 4.79 Å². The molecule has 1 N–H and O–H groups in total. The highest BCUT2D eigenvalue weighted by molar-refractivity contribution is 5.74. The molecule has 2 amide bonds. The zero-order valence-electron chi connectivity index (χ0n) is 17.4. The van der Waals surface area contributed by atoms with Gasteiger partial charge in [0.25, 0.3) is 0 Å². The van der Waals surface area contributed by atoms with Crippen LogP contribution in [0.2, 0.25) is 0 Å². The molecule has 3 fully saturated rings. The Balaban J connectivity index is 1.07. The number of nitrogens with one attached hydrogen (secondary N) is 1. The van der Waals surface area contributed by atoms with Crippen LogP contribution in [-0.2, 0) is 16.0 Å².